The Kier molecular flexibility index (Phi) is 7.48. The van der Waals surface area contributed by atoms with Crippen molar-refractivity contribution >= 4 is 21.4 Å². The number of aromatic nitrogens is 2. The van der Waals surface area contributed by atoms with Gasteiger partial charge in [-0.1, -0.05) is 0 Å². The molecule has 0 saturated heterocycles. The van der Waals surface area contributed by atoms with Gasteiger partial charge in [0.1, 0.15) is 5.75 Å². The molecule has 0 aliphatic rings. The van der Waals surface area contributed by atoms with E-state index in [1.165, 1.54) is 0 Å². The van der Waals surface area contributed by atoms with Crippen LogP contribution in [0.2, 0.25) is 0 Å². The molecule has 1 unspecified atom stereocenters. The van der Waals surface area contributed by atoms with E-state index < -0.39 is 17.9 Å². The minimum Gasteiger partial charge on any atom is -0.480 e. The van der Waals surface area contributed by atoms with Crippen molar-refractivity contribution < 1.29 is 23.6 Å². The van der Waals surface area contributed by atoms with Gasteiger partial charge in [0.15, 0.2) is 5.92 Å². The number of rotatable bonds is 8. The second kappa shape index (κ2) is 9.82. The van der Waals surface area contributed by atoms with Gasteiger partial charge in [-0.25, -0.2) is 0 Å². The van der Waals surface area contributed by atoms with Gasteiger partial charge in [-0.15, -0.1) is 0 Å². The van der Waals surface area contributed by atoms with Gasteiger partial charge < -0.3 is 14.0 Å². The Morgan fingerprint density at radius 1 is 1.12 bits per heavy atom. The molecule has 0 aliphatic carbocycles. The van der Waals surface area contributed by atoms with E-state index in [0.717, 1.165) is 5.56 Å². The molecule has 0 spiro atoms. The third-order valence-electron chi connectivity index (χ3n) is 3.61. The largest absolute Gasteiger partial charge is 0.480 e. The quantitative estimate of drug-likeness (QED) is 0.397. The van der Waals surface area contributed by atoms with Gasteiger partial charge >= 0.3 is 11.9 Å². The molecular weight excluding hydrogens is 355 g/mol. The van der Waals surface area contributed by atoms with Crippen LogP contribution in [0.3, 0.4) is 0 Å². The SMILES string of the molecule is CCOC(=O)C(Cc1cc(-c2cnccn2)ccc1OP)C(=O)OCC. The Bertz CT molecular complexity index is 737. The number of benzene rings is 1. The highest BCUT2D eigenvalue weighted by molar-refractivity contribution is 7.10. The monoisotopic (exact) mass is 376 g/mol. The van der Waals surface area contributed by atoms with Crippen LogP contribution in [-0.4, -0.2) is 35.1 Å². The fourth-order valence-corrected chi connectivity index (χ4v) is 2.66. The molecule has 1 heterocycles. The molecule has 1 aromatic carbocycles. The van der Waals surface area contributed by atoms with Gasteiger partial charge in [-0.3, -0.25) is 19.6 Å². The maximum Gasteiger partial charge on any atom is 0.320 e. The van der Waals surface area contributed by atoms with E-state index in [2.05, 4.69) is 19.4 Å². The van der Waals surface area contributed by atoms with Crippen molar-refractivity contribution in [1.29, 1.82) is 0 Å². The summed E-state index contributed by atoms with van der Waals surface area (Å²) < 4.78 is 15.3. The average Bonchev–Trinajstić information content (AvgIpc) is 2.66. The number of hydrogen-bond acceptors (Lipinski definition) is 7. The number of hydrogen-bond donors (Lipinski definition) is 0. The normalized spacial score (nSPS) is 10.5. The summed E-state index contributed by atoms with van der Waals surface area (Å²) in [4.78, 5) is 32.8. The van der Waals surface area contributed by atoms with Gasteiger partial charge in [-0.2, -0.15) is 0 Å². The Balaban J connectivity index is 2.36. The van der Waals surface area contributed by atoms with Crippen molar-refractivity contribution in [1.82, 2.24) is 9.97 Å². The van der Waals surface area contributed by atoms with E-state index in [0.29, 0.717) is 17.0 Å². The molecule has 1 atom stereocenters. The van der Waals surface area contributed by atoms with E-state index >= 15 is 0 Å². The first kappa shape index (κ1) is 19.8. The number of esters is 2. The fraction of sp³-hybridized carbons (Fsp3) is 0.333. The summed E-state index contributed by atoms with van der Waals surface area (Å²) in [6.07, 6.45) is 4.90. The highest BCUT2D eigenvalue weighted by atomic mass is 31.0. The molecule has 26 heavy (non-hydrogen) atoms. The van der Waals surface area contributed by atoms with Crippen LogP contribution < -0.4 is 4.52 Å². The van der Waals surface area contributed by atoms with Crippen LogP contribution in [0.5, 0.6) is 5.75 Å². The second-order valence-corrected chi connectivity index (χ2v) is 5.53. The summed E-state index contributed by atoms with van der Waals surface area (Å²) in [5.74, 6) is -1.77. The molecule has 2 aromatic rings. The topological polar surface area (TPSA) is 87.6 Å². The van der Waals surface area contributed by atoms with Crippen molar-refractivity contribution in [3.05, 3.63) is 42.4 Å². The molecule has 0 bridgehead atoms. The molecule has 0 saturated carbocycles. The lowest BCUT2D eigenvalue weighted by Gasteiger charge is -2.16. The van der Waals surface area contributed by atoms with Gasteiger partial charge in [0, 0.05) is 24.4 Å². The molecule has 2 rings (SSSR count). The fourth-order valence-electron chi connectivity index (χ4n) is 2.43. The third-order valence-corrected chi connectivity index (χ3v) is 3.87. The lowest BCUT2D eigenvalue weighted by atomic mass is 9.96. The highest BCUT2D eigenvalue weighted by Crippen LogP contribution is 2.29. The van der Waals surface area contributed by atoms with E-state index in [4.69, 9.17) is 14.0 Å². The van der Waals surface area contributed by atoms with Crippen molar-refractivity contribution in [3.63, 3.8) is 0 Å². The first-order valence-corrected chi connectivity index (χ1v) is 8.67. The number of ether oxygens (including phenoxy) is 2. The van der Waals surface area contributed by atoms with E-state index in [1.807, 2.05) is 12.1 Å². The Morgan fingerprint density at radius 3 is 2.35 bits per heavy atom. The van der Waals surface area contributed by atoms with E-state index in [-0.39, 0.29) is 19.6 Å². The maximum atomic E-state index is 12.2. The minimum absolute atomic E-state index is 0.0928. The predicted octanol–water partition coefficient (Wildman–Crippen LogP) is 2.60. The lowest BCUT2D eigenvalue weighted by Crippen LogP contribution is -2.30. The van der Waals surface area contributed by atoms with Crippen molar-refractivity contribution in [3.8, 4) is 17.0 Å². The zero-order valence-electron chi connectivity index (χ0n) is 14.7. The number of carbonyl (C=O) groups excluding carboxylic acids is 2. The van der Waals surface area contributed by atoms with Gasteiger partial charge in [-0.05, 0) is 37.6 Å². The summed E-state index contributed by atoms with van der Waals surface area (Å²) in [6, 6.07) is 5.39. The summed E-state index contributed by atoms with van der Waals surface area (Å²) in [6.45, 7) is 3.74. The molecular formula is C18H21N2O5P. The number of nitrogens with zero attached hydrogens (tertiary/aromatic N) is 2. The van der Waals surface area contributed by atoms with Gasteiger partial charge in [0.05, 0.1) is 34.6 Å². The lowest BCUT2D eigenvalue weighted by molar-refractivity contribution is -0.161. The summed E-state index contributed by atoms with van der Waals surface area (Å²) in [7, 11) is 2.16. The standard InChI is InChI=1S/C18H21N2O5P/c1-3-23-17(21)14(18(22)24-4-2)10-13-9-12(5-6-16(13)25-26)15-11-19-7-8-20-15/h5-9,11,14H,3-4,10,26H2,1-2H3. The van der Waals surface area contributed by atoms with Crippen molar-refractivity contribution in [2.24, 2.45) is 5.92 Å². The van der Waals surface area contributed by atoms with Crippen molar-refractivity contribution in [2.45, 2.75) is 20.3 Å². The van der Waals surface area contributed by atoms with Crippen LogP contribution in [0.25, 0.3) is 11.3 Å². The molecule has 8 heteroatoms. The molecule has 0 aliphatic heterocycles. The van der Waals surface area contributed by atoms with Gasteiger partial charge in [0.2, 0.25) is 0 Å². The van der Waals surface area contributed by atoms with Crippen LogP contribution in [-0.2, 0) is 25.5 Å². The van der Waals surface area contributed by atoms with Crippen LogP contribution in [0, 0.1) is 5.92 Å². The van der Waals surface area contributed by atoms with Gasteiger partial charge in [0.25, 0.3) is 0 Å². The Labute approximate surface area is 154 Å². The zero-order chi connectivity index (χ0) is 18.9. The molecule has 0 fully saturated rings. The second-order valence-electron chi connectivity index (χ2n) is 5.29. The van der Waals surface area contributed by atoms with Crippen LogP contribution in [0.4, 0.5) is 0 Å². The van der Waals surface area contributed by atoms with Crippen molar-refractivity contribution in [2.75, 3.05) is 13.2 Å². The van der Waals surface area contributed by atoms with Crippen LogP contribution in [0.1, 0.15) is 19.4 Å². The molecule has 1 aromatic heterocycles. The zero-order valence-corrected chi connectivity index (χ0v) is 15.8. The average molecular weight is 376 g/mol. The molecule has 0 amide bonds. The molecule has 7 nitrogen and oxygen atoms in total. The first-order chi connectivity index (χ1) is 12.6. The predicted molar refractivity (Wildman–Crippen MR) is 98.3 cm³/mol. The van der Waals surface area contributed by atoms with E-state index in [1.54, 1.807) is 38.5 Å². The highest BCUT2D eigenvalue weighted by Gasteiger charge is 2.31. The Morgan fingerprint density at radius 2 is 1.81 bits per heavy atom. The maximum absolute atomic E-state index is 12.2. The Hall–Kier alpha value is -2.53. The molecule has 0 radical (unpaired) electrons. The summed E-state index contributed by atoms with van der Waals surface area (Å²) in [5, 5.41) is 0. The third kappa shape index (κ3) is 4.99. The smallest absolute Gasteiger partial charge is 0.320 e. The number of carbonyl (C=O) groups is 2. The minimum atomic E-state index is -1.06. The summed E-state index contributed by atoms with van der Waals surface area (Å²) in [5.41, 5.74) is 2.13. The van der Waals surface area contributed by atoms with Crippen LogP contribution >= 0.6 is 9.47 Å². The molecule has 138 valence electrons. The van der Waals surface area contributed by atoms with E-state index in [9.17, 15) is 9.59 Å². The van der Waals surface area contributed by atoms with Crippen LogP contribution in [0.15, 0.2) is 36.8 Å². The first-order valence-electron chi connectivity index (χ1n) is 8.20. The summed E-state index contributed by atoms with van der Waals surface area (Å²) >= 11 is 0. The molecule has 0 N–H and O–H groups in total.